The summed E-state index contributed by atoms with van der Waals surface area (Å²) in [5.41, 5.74) is 0.823. The summed E-state index contributed by atoms with van der Waals surface area (Å²) in [7, 11) is 0. The fourth-order valence-corrected chi connectivity index (χ4v) is 1.14. The molecule has 13 heavy (non-hydrogen) atoms. The molecule has 0 amide bonds. The van der Waals surface area contributed by atoms with Gasteiger partial charge in [0, 0.05) is 6.42 Å². The molecule has 0 aliphatic carbocycles. The summed E-state index contributed by atoms with van der Waals surface area (Å²) in [6.45, 7) is 3.45. The second kappa shape index (κ2) is 4.80. The van der Waals surface area contributed by atoms with Gasteiger partial charge in [-0.15, -0.1) is 6.58 Å². The Hall–Kier alpha value is -1.12. The van der Waals surface area contributed by atoms with Crippen LogP contribution in [0.3, 0.4) is 0 Å². The smallest absolute Gasteiger partial charge is 0.0817 e. The van der Waals surface area contributed by atoms with Crippen molar-refractivity contribution < 1.29 is 10.2 Å². The Morgan fingerprint density at radius 2 is 1.85 bits per heavy atom. The monoisotopic (exact) mass is 178 g/mol. The van der Waals surface area contributed by atoms with Crippen LogP contribution in [0, 0.1) is 0 Å². The summed E-state index contributed by atoms with van der Waals surface area (Å²) >= 11 is 0. The lowest BCUT2D eigenvalue weighted by atomic mass is 10.0. The van der Waals surface area contributed by atoms with Crippen LogP contribution in [-0.4, -0.2) is 16.3 Å². The summed E-state index contributed by atoms with van der Waals surface area (Å²) < 4.78 is 0. The van der Waals surface area contributed by atoms with Crippen molar-refractivity contribution in [3.8, 4) is 0 Å². The van der Waals surface area contributed by atoms with E-state index in [9.17, 15) is 10.2 Å². The van der Waals surface area contributed by atoms with Crippen LogP contribution in [0.4, 0.5) is 0 Å². The number of benzene rings is 1. The molecule has 0 aromatic heterocycles. The highest BCUT2D eigenvalue weighted by atomic mass is 16.3. The minimum atomic E-state index is -0.643. The van der Waals surface area contributed by atoms with Gasteiger partial charge in [-0.25, -0.2) is 0 Å². The molecular formula is C11H14O2. The molecule has 2 N–H and O–H groups in total. The SMILES string of the molecule is C=C[C@@H](O)C[C@H](O)c1ccccc1. The maximum Gasteiger partial charge on any atom is 0.0817 e. The number of aliphatic hydroxyl groups excluding tert-OH is 2. The Bertz CT molecular complexity index is 256. The third kappa shape index (κ3) is 3.01. The van der Waals surface area contributed by atoms with Crippen LogP contribution in [0.2, 0.25) is 0 Å². The zero-order valence-corrected chi connectivity index (χ0v) is 7.43. The normalized spacial score (nSPS) is 14.9. The molecule has 0 saturated carbocycles. The molecule has 0 spiro atoms. The van der Waals surface area contributed by atoms with Gasteiger partial charge in [0.25, 0.3) is 0 Å². The molecular weight excluding hydrogens is 164 g/mol. The molecule has 0 aliphatic heterocycles. The summed E-state index contributed by atoms with van der Waals surface area (Å²) in [4.78, 5) is 0. The molecule has 1 rings (SSSR count). The zero-order valence-electron chi connectivity index (χ0n) is 7.43. The van der Waals surface area contributed by atoms with Crippen LogP contribution in [0.5, 0.6) is 0 Å². The van der Waals surface area contributed by atoms with Gasteiger partial charge in [0.05, 0.1) is 12.2 Å². The van der Waals surface area contributed by atoms with E-state index in [1.165, 1.54) is 6.08 Å². The Morgan fingerprint density at radius 1 is 1.23 bits per heavy atom. The minimum Gasteiger partial charge on any atom is -0.389 e. The third-order valence-electron chi connectivity index (χ3n) is 1.92. The molecule has 0 radical (unpaired) electrons. The summed E-state index contributed by atoms with van der Waals surface area (Å²) in [6, 6.07) is 9.28. The summed E-state index contributed by atoms with van der Waals surface area (Å²) in [6.07, 6.45) is 0.462. The van der Waals surface area contributed by atoms with Gasteiger partial charge in [-0.2, -0.15) is 0 Å². The Balaban J connectivity index is 2.58. The first-order chi connectivity index (χ1) is 6.24. The highest BCUT2D eigenvalue weighted by Crippen LogP contribution is 2.17. The van der Waals surface area contributed by atoms with E-state index in [4.69, 9.17) is 0 Å². The summed E-state index contributed by atoms with van der Waals surface area (Å²) in [5, 5.41) is 18.8. The molecule has 0 saturated heterocycles. The average molecular weight is 178 g/mol. The van der Waals surface area contributed by atoms with Crippen molar-refractivity contribution in [3.05, 3.63) is 48.6 Å². The molecule has 0 unspecified atom stereocenters. The Labute approximate surface area is 78.2 Å². The van der Waals surface area contributed by atoms with Crippen molar-refractivity contribution in [2.75, 3.05) is 0 Å². The predicted molar refractivity (Wildman–Crippen MR) is 52.2 cm³/mol. The van der Waals surface area contributed by atoms with E-state index in [0.717, 1.165) is 5.56 Å². The maximum absolute atomic E-state index is 9.61. The highest BCUT2D eigenvalue weighted by molar-refractivity contribution is 5.17. The molecule has 0 heterocycles. The number of aliphatic hydroxyl groups is 2. The van der Waals surface area contributed by atoms with Crippen molar-refractivity contribution in [3.63, 3.8) is 0 Å². The van der Waals surface area contributed by atoms with Gasteiger partial charge in [-0.3, -0.25) is 0 Å². The van der Waals surface area contributed by atoms with Crippen molar-refractivity contribution >= 4 is 0 Å². The largest absolute Gasteiger partial charge is 0.389 e. The van der Waals surface area contributed by atoms with Crippen LogP contribution in [0.25, 0.3) is 0 Å². The molecule has 2 nitrogen and oxygen atoms in total. The molecule has 70 valence electrons. The average Bonchev–Trinajstić information content (AvgIpc) is 2.19. The molecule has 0 aliphatic rings. The van der Waals surface area contributed by atoms with Gasteiger partial charge in [0.15, 0.2) is 0 Å². The van der Waals surface area contributed by atoms with Gasteiger partial charge >= 0.3 is 0 Å². The lowest BCUT2D eigenvalue weighted by molar-refractivity contribution is 0.105. The van der Waals surface area contributed by atoms with Crippen LogP contribution in [-0.2, 0) is 0 Å². The molecule has 0 bridgehead atoms. The third-order valence-corrected chi connectivity index (χ3v) is 1.92. The van der Waals surface area contributed by atoms with Crippen molar-refractivity contribution in [1.29, 1.82) is 0 Å². The topological polar surface area (TPSA) is 40.5 Å². The first-order valence-corrected chi connectivity index (χ1v) is 4.27. The van der Waals surface area contributed by atoms with Crippen molar-refractivity contribution in [1.82, 2.24) is 0 Å². The maximum atomic E-state index is 9.61. The molecule has 0 fully saturated rings. The van der Waals surface area contributed by atoms with Gasteiger partial charge < -0.3 is 10.2 Å². The van der Waals surface area contributed by atoms with Crippen LogP contribution in [0.15, 0.2) is 43.0 Å². The van der Waals surface area contributed by atoms with Gasteiger partial charge in [0.1, 0.15) is 0 Å². The standard InChI is InChI=1S/C11H14O2/c1-2-10(12)8-11(13)9-6-4-3-5-7-9/h2-7,10-13H,1,8H2/t10-,11+/m1/s1. The Kier molecular flexibility index (Phi) is 3.68. The quantitative estimate of drug-likeness (QED) is 0.688. The predicted octanol–water partition coefficient (Wildman–Crippen LogP) is 1.66. The van der Waals surface area contributed by atoms with E-state index in [2.05, 4.69) is 6.58 Å². The second-order valence-corrected chi connectivity index (χ2v) is 2.97. The van der Waals surface area contributed by atoms with E-state index in [1.807, 2.05) is 30.3 Å². The number of hydrogen-bond donors (Lipinski definition) is 2. The number of hydrogen-bond acceptors (Lipinski definition) is 2. The fraction of sp³-hybridized carbons (Fsp3) is 0.273. The summed E-state index contributed by atoms with van der Waals surface area (Å²) in [5.74, 6) is 0. The van der Waals surface area contributed by atoms with Gasteiger partial charge in [0.2, 0.25) is 0 Å². The zero-order chi connectivity index (χ0) is 9.68. The van der Waals surface area contributed by atoms with E-state index in [-0.39, 0.29) is 0 Å². The Morgan fingerprint density at radius 3 is 2.38 bits per heavy atom. The van der Waals surface area contributed by atoms with Crippen LogP contribution < -0.4 is 0 Å². The van der Waals surface area contributed by atoms with Crippen molar-refractivity contribution in [2.45, 2.75) is 18.6 Å². The van der Waals surface area contributed by atoms with Crippen LogP contribution in [0.1, 0.15) is 18.1 Å². The van der Waals surface area contributed by atoms with Crippen LogP contribution >= 0.6 is 0 Å². The minimum absolute atomic E-state index is 0.299. The van der Waals surface area contributed by atoms with E-state index in [1.54, 1.807) is 0 Å². The lowest BCUT2D eigenvalue weighted by Gasteiger charge is -2.12. The molecule has 1 aromatic carbocycles. The van der Waals surface area contributed by atoms with E-state index in [0.29, 0.717) is 6.42 Å². The first kappa shape index (κ1) is 9.96. The first-order valence-electron chi connectivity index (χ1n) is 4.27. The van der Waals surface area contributed by atoms with Gasteiger partial charge in [-0.05, 0) is 5.56 Å². The lowest BCUT2D eigenvalue weighted by Crippen LogP contribution is -2.08. The second-order valence-electron chi connectivity index (χ2n) is 2.97. The highest BCUT2D eigenvalue weighted by Gasteiger charge is 2.10. The molecule has 2 heteroatoms. The fourth-order valence-electron chi connectivity index (χ4n) is 1.14. The van der Waals surface area contributed by atoms with Crippen molar-refractivity contribution in [2.24, 2.45) is 0 Å². The van der Waals surface area contributed by atoms with E-state index < -0.39 is 12.2 Å². The number of rotatable bonds is 4. The van der Waals surface area contributed by atoms with Gasteiger partial charge in [-0.1, -0.05) is 36.4 Å². The molecule has 2 atom stereocenters. The molecule has 1 aromatic rings. The van der Waals surface area contributed by atoms with E-state index >= 15 is 0 Å².